The molecule has 0 aliphatic heterocycles. The van der Waals surface area contributed by atoms with E-state index >= 15 is 0 Å². The Bertz CT molecular complexity index is 669. The van der Waals surface area contributed by atoms with E-state index in [1.54, 1.807) is 24.3 Å². The first-order valence-corrected chi connectivity index (χ1v) is 8.19. The predicted octanol–water partition coefficient (Wildman–Crippen LogP) is 2.28. The van der Waals surface area contributed by atoms with Gasteiger partial charge in [-0.1, -0.05) is 36.4 Å². The first kappa shape index (κ1) is 14.4. The summed E-state index contributed by atoms with van der Waals surface area (Å²) in [5.41, 5.74) is 7.98. The lowest BCUT2D eigenvalue weighted by atomic mass is 10.1. The van der Waals surface area contributed by atoms with Gasteiger partial charge in [0, 0.05) is 12.2 Å². The van der Waals surface area contributed by atoms with Crippen molar-refractivity contribution in [3.63, 3.8) is 0 Å². The maximum atomic E-state index is 11.9. The highest BCUT2D eigenvalue weighted by atomic mass is 32.2. The molecule has 0 aliphatic carbocycles. The van der Waals surface area contributed by atoms with Crippen molar-refractivity contribution in [1.82, 2.24) is 0 Å². The van der Waals surface area contributed by atoms with Crippen LogP contribution in [0.25, 0.3) is 0 Å². The van der Waals surface area contributed by atoms with Crippen LogP contribution < -0.4 is 10.0 Å². The number of hydrogen-bond donors (Lipinski definition) is 1. The zero-order chi connectivity index (χ0) is 14.6. The zero-order valence-corrected chi connectivity index (χ0v) is 12.2. The molecular weight excluding hydrogens is 272 g/mol. The molecule has 0 saturated carbocycles. The Morgan fingerprint density at radius 1 is 1.05 bits per heavy atom. The van der Waals surface area contributed by atoms with E-state index in [4.69, 9.17) is 5.73 Å². The summed E-state index contributed by atoms with van der Waals surface area (Å²) in [5, 5.41) is 0. The normalized spacial score (nSPS) is 11.2. The van der Waals surface area contributed by atoms with Gasteiger partial charge in [-0.3, -0.25) is 4.31 Å². The Hall–Kier alpha value is -2.01. The molecular formula is C15H18N2O2S. The second kappa shape index (κ2) is 5.96. The summed E-state index contributed by atoms with van der Waals surface area (Å²) in [6.07, 6.45) is 1.86. The highest BCUT2D eigenvalue weighted by Crippen LogP contribution is 2.20. The van der Waals surface area contributed by atoms with E-state index in [0.717, 1.165) is 5.56 Å². The van der Waals surface area contributed by atoms with Crippen LogP contribution in [0.1, 0.15) is 5.56 Å². The molecule has 2 rings (SSSR count). The molecule has 0 bridgehead atoms. The van der Waals surface area contributed by atoms with E-state index in [1.165, 1.54) is 10.6 Å². The second-order valence-corrected chi connectivity index (χ2v) is 6.57. The van der Waals surface area contributed by atoms with Crippen molar-refractivity contribution in [3.05, 3.63) is 60.2 Å². The fourth-order valence-electron chi connectivity index (χ4n) is 2.04. The Morgan fingerprint density at radius 3 is 2.35 bits per heavy atom. The van der Waals surface area contributed by atoms with Crippen molar-refractivity contribution in [3.8, 4) is 0 Å². The van der Waals surface area contributed by atoms with Crippen LogP contribution in [0.4, 0.5) is 11.4 Å². The van der Waals surface area contributed by atoms with Crippen LogP contribution in [-0.4, -0.2) is 21.2 Å². The van der Waals surface area contributed by atoms with Gasteiger partial charge in [0.05, 0.1) is 11.9 Å². The third-order valence-electron chi connectivity index (χ3n) is 3.00. The van der Waals surface area contributed by atoms with Crippen molar-refractivity contribution in [2.75, 3.05) is 22.8 Å². The highest BCUT2D eigenvalue weighted by Gasteiger charge is 2.17. The van der Waals surface area contributed by atoms with Crippen molar-refractivity contribution < 1.29 is 8.42 Å². The molecule has 2 aromatic rings. The van der Waals surface area contributed by atoms with E-state index in [9.17, 15) is 8.42 Å². The smallest absolute Gasteiger partial charge is 0.232 e. The Balaban J connectivity index is 2.22. The summed E-state index contributed by atoms with van der Waals surface area (Å²) in [4.78, 5) is 0. The Labute approximate surface area is 119 Å². The molecule has 106 valence electrons. The van der Waals surface area contributed by atoms with Gasteiger partial charge in [-0.15, -0.1) is 0 Å². The average molecular weight is 290 g/mol. The monoisotopic (exact) mass is 290 g/mol. The molecule has 0 radical (unpaired) electrons. The molecule has 0 aromatic heterocycles. The van der Waals surface area contributed by atoms with Gasteiger partial charge in [0.15, 0.2) is 0 Å². The number of anilines is 2. The summed E-state index contributed by atoms with van der Waals surface area (Å²) in [6.45, 7) is 0.395. The predicted molar refractivity (Wildman–Crippen MR) is 83.2 cm³/mol. The van der Waals surface area contributed by atoms with E-state index < -0.39 is 10.0 Å². The van der Waals surface area contributed by atoms with Crippen LogP contribution in [0.3, 0.4) is 0 Å². The van der Waals surface area contributed by atoms with E-state index in [1.807, 2.05) is 30.3 Å². The van der Waals surface area contributed by atoms with Gasteiger partial charge in [0.25, 0.3) is 0 Å². The number of sulfonamides is 1. The summed E-state index contributed by atoms with van der Waals surface area (Å²) < 4.78 is 25.3. The lowest BCUT2D eigenvalue weighted by Gasteiger charge is -2.22. The van der Waals surface area contributed by atoms with Crippen LogP contribution in [-0.2, 0) is 16.4 Å². The van der Waals surface area contributed by atoms with Crippen molar-refractivity contribution in [2.45, 2.75) is 6.42 Å². The van der Waals surface area contributed by atoms with Crippen LogP contribution in [0.2, 0.25) is 0 Å². The minimum absolute atomic E-state index is 0.395. The minimum Gasteiger partial charge on any atom is -0.399 e. The molecule has 0 fully saturated rings. The summed E-state index contributed by atoms with van der Waals surface area (Å²) in [5.74, 6) is 0. The van der Waals surface area contributed by atoms with Crippen LogP contribution in [0.5, 0.6) is 0 Å². The van der Waals surface area contributed by atoms with Gasteiger partial charge in [0.1, 0.15) is 0 Å². The third kappa shape index (κ3) is 3.74. The first-order chi connectivity index (χ1) is 9.47. The number of nitrogens with zero attached hydrogens (tertiary/aromatic N) is 1. The summed E-state index contributed by atoms with van der Waals surface area (Å²) in [6, 6.07) is 16.7. The molecule has 0 unspecified atom stereocenters. The zero-order valence-electron chi connectivity index (χ0n) is 11.4. The molecule has 0 spiro atoms. The van der Waals surface area contributed by atoms with Gasteiger partial charge in [-0.2, -0.15) is 0 Å². The molecule has 0 saturated heterocycles. The molecule has 0 amide bonds. The lowest BCUT2D eigenvalue weighted by Crippen LogP contribution is -2.31. The third-order valence-corrected chi connectivity index (χ3v) is 4.20. The molecule has 20 heavy (non-hydrogen) atoms. The fourth-order valence-corrected chi connectivity index (χ4v) is 2.96. The lowest BCUT2D eigenvalue weighted by molar-refractivity contribution is 0.596. The van der Waals surface area contributed by atoms with Gasteiger partial charge >= 0.3 is 0 Å². The largest absolute Gasteiger partial charge is 0.399 e. The van der Waals surface area contributed by atoms with Crippen molar-refractivity contribution >= 4 is 21.4 Å². The summed E-state index contributed by atoms with van der Waals surface area (Å²) >= 11 is 0. The first-order valence-electron chi connectivity index (χ1n) is 6.34. The highest BCUT2D eigenvalue weighted by molar-refractivity contribution is 7.92. The standard InChI is InChI=1S/C15H18N2O2S/c1-20(18,19)17(15-9-5-8-14(16)12-15)11-10-13-6-3-2-4-7-13/h2-9,12H,10-11,16H2,1H3. The number of nitrogen functional groups attached to an aromatic ring is 1. The number of benzene rings is 2. The van der Waals surface area contributed by atoms with Crippen molar-refractivity contribution in [2.24, 2.45) is 0 Å². The average Bonchev–Trinajstić information content (AvgIpc) is 2.39. The van der Waals surface area contributed by atoms with Crippen molar-refractivity contribution in [1.29, 1.82) is 0 Å². The van der Waals surface area contributed by atoms with E-state index in [2.05, 4.69) is 0 Å². The molecule has 4 nitrogen and oxygen atoms in total. The number of hydrogen-bond acceptors (Lipinski definition) is 3. The topological polar surface area (TPSA) is 63.4 Å². The summed E-state index contributed by atoms with van der Waals surface area (Å²) in [7, 11) is -3.33. The molecule has 2 aromatic carbocycles. The molecule has 0 aliphatic rings. The Morgan fingerprint density at radius 2 is 1.75 bits per heavy atom. The maximum Gasteiger partial charge on any atom is 0.232 e. The van der Waals surface area contributed by atoms with Gasteiger partial charge in [-0.25, -0.2) is 8.42 Å². The number of nitrogens with two attached hydrogens (primary N) is 1. The van der Waals surface area contributed by atoms with Crippen LogP contribution >= 0.6 is 0 Å². The minimum atomic E-state index is -3.33. The van der Waals surface area contributed by atoms with E-state index in [0.29, 0.717) is 24.3 Å². The molecule has 5 heteroatoms. The maximum absolute atomic E-state index is 11.9. The van der Waals surface area contributed by atoms with Gasteiger partial charge in [-0.05, 0) is 30.2 Å². The second-order valence-electron chi connectivity index (χ2n) is 4.67. The van der Waals surface area contributed by atoms with Crippen LogP contribution in [0.15, 0.2) is 54.6 Å². The molecule has 0 atom stereocenters. The number of rotatable bonds is 5. The van der Waals surface area contributed by atoms with Gasteiger partial charge < -0.3 is 5.73 Å². The van der Waals surface area contributed by atoms with Crippen LogP contribution in [0, 0.1) is 0 Å². The SMILES string of the molecule is CS(=O)(=O)N(CCc1ccccc1)c1cccc(N)c1. The molecule has 2 N–H and O–H groups in total. The van der Waals surface area contributed by atoms with Gasteiger partial charge in [0.2, 0.25) is 10.0 Å². The quantitative estimate of drug-likeness (QED) is 0.859. The molecule has 0 heterocycles. The fraction of sp³-hybridized carbons (Fsp3) is 0.200. The Kier molecular flexibility index (Phi) is 4.29. The van der Waals surface area contributed by atoms with E-state index in [-0.39, 0.29) is 0 Å².